The van der Waals surface area contributed by atoms with Crippen LogP contribution in [0.15, 0.2) is 33.0 Å². The summed E-state index contributed by atoms with van der Waals surface area (Å²) in [4.78, 5) is 12.4. The first-order valence-electron chi connectivity index (χ1n) is 6.47. The number of nitrogens with zero attached hydrogens (tertiary/aromatic N) is 2. The van der Waals surface area contributed by atoms with E-state index in [4.69, 9.17) is 0 Å². The Morgan fingerprint density at radius 3 is 2.95 bits per heavy atom. The zero-order valence-electron chi connectivity index (χ0n) is 11.4. The number of aromatic nitrogens is 3. The van der Waals surface area contributed by atoms with Gasteiger partial charge >= 0.3 is 5.69 Å². The number of rotatable bonds is 6. The van der Waals surface area contributed by atoms with Crippen LogP contribution in [0.1, 0.15) is 19.4 Å². The van der Waals surface area contributed by atoms with Crippen molar-refractivity contribution >= 4 is 11.8 Å². The van der Waals surface area contributed by atoms with E-state index in [0.717, 1.165) is 17.0 Å². The molecule has 0 aliphatic heterocycles. The van der Waals surface area contributed by atoms with Gasteiger partial charge in [0, 0.05) is 18.0 Å². The van der Waals surface area contributed by atoms with Crippen LogP contribution in [0, 0.1) is 5.82 Å². The number of halogens is 1. The van der Waals surface area contributed by atoms with Crippen molar-refractivity contribution in [1.29, 1.82) is 0 Å². The second-order valence-corrected chi connectivity index (χ2v) is 5.20. The van der Waals surface area contributed by atoms with Crippen LogP contribution in [0.25, 0.3) is 0 Å². The molecule has 1 heterocycles. The van der Waals surface area contributed by atoms with Crippen LogP contribution in [-0.2, 0) is 13.1 Å². The van der Waals surface area contributed by atoms with Crippen molar-refractivity contribution in [2.45, 2.75) is 37.0 Å². The SMILES string of the molecule is CCNCc1cc(F)ccc1Sc1n[nH]c(=O)n1CC. The van der Waals surface area contributed by atoms with Gasteiger partial charge in [-0.2, -0.15) is 0 Å². The molecule has 1 aromatic carbocycles. The summed E-state index contributed by atoms with van der Waals surface area (Å²) in [5.74, 6) is -0.267. The Kier molecular flexibility index (Phi) is 4.97. The molecule has 2 aromatic rings. The molecule has 0 unspecified atom stereocenters. The van der Waals surface area contributed by atoms with Crippen molar-refractivity contribution in [2.24, 2.45) is 0 Å². The molecule has 0 saturated heterocycles. The van der Waals surface area contributed by atoms with E-state index in [1.165, 1.54) is 23.9 Å². The molecule has 0 aliphatic rings. The fraction of sp³-hybridized carbons (Fsp3) is 0.385. The van der Waals surface area contributed by atoms with Crippen molar-refractivity contribution in [3.63, 3.8) is 0 Å². The molecule has 0 saturated carbocycles. The van der Waals surface area contributed by atoms with Crippen LogP contribution >= 0.6 is 11.8 Å². The lowest BCUT2D eigenvalue weighted by molar-refractivity contribution is 0.618. The molecule has 2 N–H and O–H groups in total. The lowest BCUT2D eigenvalue weighted by Crippen LogP contribution is -2.16. The van der Waals surface area contributed by atoms with Crippen LogP contribution in [0.3, 0.4) is 0 Å². The van der Waals surface area contributed by atoms with Gasteiger partial charge < -0.3 is 5.32 Å². The number of benzene rings is 1. The molecule has 2 rings (SSSR count). The highest BCUT2D eigenvalue weighted by atomic mass is 32.2. The highest BCUT2D eigenvalue weighted by Gasteiger charge is 2.12. The van der Waals surface area contributed by atoms with E-state index in [1.807, 2.05) is 13.8 Å². The maximum absolute atomic E-state index is 13.3. The number of hydrogen-bond acceptors (Lipinski definition) is 4. The second-order valence-electron chi connectivity index (χ2n) is 4.19. The second kappa shape index (κ2) is 6.71. The molecule has 20 heavy (non-hydrogen) atoms. The molecule has 108 valence electrons. The normalized spacial score (nSPS) is 10.9. The lowest BCUT2D eigenvalue weighted by atomic mass is 10.2. The summed E-state index contributed by atoms with van der Waals surface area (Å²) in [6, 6.07) is 4.64. The quantitative estimate of drug-likeness (QED) is 0.856. The van der Waals surface area contributed by atoms with E-state index in [1.54, 1.807) is 10.6 Å². The Hall–Kier alpha value is -1.60. The molecule has 0 spiro atoms. The summed E-state index contributed by atoms with van der Waals surface area (Å²) in [7, 11) is 0. The first-order valence-corrected chi connectivity index (χ1v) is 7.29. The van der Waals surface area contributed by atoms with Gasteiger partial charge in [-0.3, -0.25) is 4.57 Å². The molecular weight excluding hydrogens is 279 g/mol. The van der Waals surface area contributed by atoms with Gasteiger partial charge in [-0.1, -0.05) is 6.92 Å². The van der Waals surface area contributed by atoms with Crippen molar-refractivity contribution in [3.8, 4) is 0 Å². The van der Waals surface area contributed by atoms with Crippen molar-refractivity contribution in [1.82, 2.24) is 20.1 Å². The van der Waals surface area contributed by atoms with E-state index in [-0.39, 0.29) is 11.5 Å². The number of aromatic amines is 1. The number of hydrogen-bond donors (Lipinski definition) is 2. The fourth-order valence-electron chi connectivity index (χ4n) is 1.80. The Morgan fingerprint density at radius 2 is 2.25 bits per heavy atom. The molecule has 5 nitrogen and oxygen atoms in total. The first-order chi connectivity index (χ1) is 9.65. The van der Waals surface area contributed by atoms with Crippen LogP contribution in [-0.4, -0.2) is 21.3 Å². The van der Waals surface area contributed by atoms with Gasteiger partial charge in [0.15, 0.2) is 5.16 Å². The molecule has 0 atom stereocenters. The van der Waals surface area contributed by atoms with Gasteiger partial charge in [-0.15, -0.1) is 5.10 Å². The van der Waals surface area contributed by atoms with Gasteiger partial charge in [0.05, 0.1) is 0 Å². The summed E-state index contributed by atoms with van der Waals surface area (Å²) in [6.45, 7) is 5.81. The van der Waals surface area contributed by atoms with Crippen LogP contribution in [0.5, 0.6) is 0 Å². The topological polar surface area (TPSA) is 62.7 Å². The monoisotopic (exact) mass is 296 g/mol. The number of H-pyrrole nitrogens is 1. The summed E-state index contributed by atoms with van der Waals surface area (Å²) in [5, 5.41) is 10.2. The third-order valence-corrected chi connectivity index (χ3v) is 3.94. The number of nitrogens with one attached hydrogen (secondary N) is 2. The largest absolute Gasteiger partial charge is 0.343 e. The molecule has 0 aliphatic carbocycles. The standard InChI is InChI=1S/C13H17FN4OS/c1-3-15-8-9-7-10(14)5-6-11(9)20-13-17-16-12(19)18(13)4-2/h5-7,15H,3-4,8H2,1-2H3,(H,16,19). The Bertz CT molecular complexity index is 638. The Labute approximate surface area is 120 Å². The lowest BCUT2D eigenvalue weighted by Gasteiger charge is -2.09. The minimum atomic E-state index is -0.267. The van der Waals surface area contributed by atoms with Gasteiger partial charge in [-0.05, 0) is 49.0 Å². The highest BCUT2D eigenvalue weighted by Crippen LogP contribution is 2.29. The summed E-state index contributed by atoms with van der Waals surface area (Å²) in [6.07, 6.45) is 0. The summed E-state index contributed by atoms with van der Waals surface area (Å²) >= 11 is 1.36. The van der Waals surface area contributed by atoms with E-state index >= 15 is 0 Å². The van der Waals surface area contributed by atoms with E-state index in [2.05, 4.69) is 15.5 Å². The van der Waals surface area contributed by atoms with E-state index < -0.39 is 0 Å². The average molecular weight is 296 g/mol. The van der Waals surface area contributed by atoms with Gasteiger partial charge in [0.1, 0.15) is 5.82 Å². The van der Waals surface area contributed by atoms with Gasteiger partial charge in [-0.25, -0.2) is 14.3 Å². The predicted octanol–water partition coefficient (Wildman–Crippen LogP) is 1.99. The summed E-state index contributed by atoms with van der Waals surface area (Å²) < 4.78 is 14.9. The maximum Gasteiger partial charge on any atom is 0.343 e. The van der Waals surface area contributed by atoms with Crippen molar-refractivity contribution in [2.75, 3.05) is 6.54 Å². The van der Waals surface area contributed by atoms with Crippen LogP contribution < -0.4 is 11.0 Å². The van der Waals surface area contributed by atoms with Crippen molar-refractivity contribution in [3.05, 3.63) is 40.1 Å². The van der Waals surface area contributed by atoms with Gasteiger partial charge in [0.2, 0.25) is 0 Å². The van der Waals surface area contributed by atoms with Crippen LogP contribution in [0.2, 0.25) is 0 Å². The zero-order valence-corrected chi connectivity index (χ0v) is 12.3. The Morgan fingerprint density at radius 1 is 1.45 bits per heavy atom. The minimum Gasteiger partial charge on any atom is -0.313 e. The predicted molar refractivity (Wildman–Crippen MR) is 76.4 cm³/mol. The molecule has 7 heteroatoms. The molecule has 1 aromatic heterocycles. The molecule has 0 bridgehead atoms. The molecular formula is C13H17FN4OS. The third kappa shape index (κ3) is 3.29. The Balaban J connectivity index is 2.30. The third-order valence-electron chi connectivity index (χ3n) is 2.83. The molecule has 0 fully saturated rings. The van der Waals surface area contributed by atoms with E-state index in [9.17, 15) is 9.18 Å². The fourth-order valence-corrected chi connectivity index (χ4v) is 2.81. The highest BCUT2D eigenvalue weighted by molar-refractivity contribution is 7.99. The smallest absolute Gasteiger partial charge is 0.313 e. The average Bonchev–Trinajstić information content (AvgIpc) is 2.79. The molecule has 0 radical (unpaired) electrons. The van der Waals surface area contributed by atoms with E-state index in [0.29, 0.717) is 18.2 Å². The van der Waals surface area contributed by atoms with Crippen molar-refractivity contribution < 1.29 is 4.39 Å². The first kappa shape index (κ1) is 14.8. The molecule has 0 amide bonds. The minimum absolute atomic E-state index is 0.231. The maximum atomic E-state index is 13.3. The zero-order chi connectivity index (χ0) is 14.5. The van der Waals surface area contributed by atoms with Crippen LogP contribution in [0.4, 0.5) is 4.39 Å². The summed E-state index contributed by atoms with van der Waals surface area (Å²) in [5.41, 5.74) is 0.625. The van der Waals surface area contributed by atoms with Gasteiger partial charge in [0.25, 0.3) is 0 Å².